The van der Waals surface area contributed by atoms with Gasteiger partial charge in [0.05, 0.1) is 0 Å². The topological polar surface area (TPSA) is 42.2 Å². The highest BCUT2D eigenvalue weighted by Gasteiger charge is 1.97. The first-order valence-electron chi connectivity index (χ1n) is 2.71. The van der Waals surface area contributed by atoms with E-state index in [1.165, 1.54) is 0 Å². The summed E-state index contributed by atoms with van der Waals surface area (Å²) in [6, 6.07) is 1.86. The molecule has 3 nitrogen and oxygen atoms in total. The van der Waals surface area contributed by atoms with Crippen molar-refractivity contribution >= 4 is 28.6 Å². The minimum absolute atomic E-state index is 0.0446. The van der Waals surface area contributed by atoms with Gasteiger partial charge in [0, 0.05) is 16.0 Å². The summed E-state index contributed by atoms with van der Waals surface area (Å²) in [7, 11) is 0. The normalized spacial score (nSPS) is 9.70. The molecule has 0 saturated heterocycles. The summed E-state index contributed by atoms with van der Waals surface area (Å²) in [5, 5.41) is 8.35. The Bertz CT molecular complexity index is 244. The first kappa shape index (κ1) is 7.59. The van der Waals surface area contributed by atoms with Gasteiger partial charge in [-0.15, -0.1) is 0 Å². The molecule has 0 radical (unpaired) electrons. The highest BCUT2D eigenvalue weighted by molar-refractivity contribution is 14.1. The molecule has 1 N–H and O–H groups in total. The van der Waals surface area contributed by atoms with Crippen LogP contribution in [0, 0.1) is 3.57 Å². The fourth-order valence-electron chi connectivity index (χ4n) is 0.666. The van der Waals surface area contributed by atoms with E-state index in [4.69, 9.17) is 5.11 Å². The number of aromatic nitrogens is 1. The number of rotatable bonds is 2. The minimum Gasteiger partial charge on any atom is -0.480 e. The van der Waals surface area contributed by atoms with Crippen LogP contribution in [0.2, 0.25) is 0 Å². The minimum atomic E-state index is -0.813. The molecule has 0 aliphatic heterocycles. The lowest BCUT2D eigenvalue weighted by atomic mass is 10.6. The average Bonchev–Trinajstić information content (AvgIpc) is 2.13. The number of aliphatic carboxylic acids is 1. The van der Waals surface area contributed by atoms with Gasteiger partial charge in [0.25, 0.3) is 0 Å². The van der Waals surface area contributed by atoms with Crippen LogP contribution >= 0.6 is 22.6 Å². The maximum Gasteiger partial charge on any atom is 0.323 e. The molecule has 0 aliphatic rings. The number of nitrogens with zero attached hydrogens (tertiary/aromatic N) is 1. The SMILES string of the molecule is O=C(O)Cn1ccc(I)c1. The van der Waals surface area contributed by atoms with Crippen molar-refractivity contribution in [1.29, 1.82) is 0 Å². The largest absolute Gasteiger partial charge is 0.480 e. The number of carboxylic acid groups (broad SMARTS) is 1. The van der Waals surface area contributed by atoms with Gasteiger partial charge in [-0.25, -0.2) is 0 Å². The van der Waals surface area contributed by atoms with Crippen molar-refractivity contribution in [3.63, 3.8) is 0 Å². The molecule has 0 atom stereocenters. The lowest BCUT2D eigenvalue weighted by Gasteiger charge is -1.93. The van der Waals surface area contributed by atoms with Crippen molar-refractivity contribution in [3.8, 4) is 0 Å². The Morgan fingerprint density at radius 2 is 2.50 bits per heavy atom. The highest BCUT2D eigenvalue weighted by Crippen LogP contribution is 2.03. The second-order valence-electron chi connectivity index (χ2n) is 1.90. The predicted octanol–water partition coefficient (Wildman–Crippen LogP) is 1.18. The summed E-state index contributed by atoms with van der Waals surface area (Å²) in [5.41, 5.74) is 0. The zero-order valence-electron chi connectivity index (χ0n) is 5.12. The second kappa shape index (κ2) is 3.05. The van der Waals surface area contributed by atoms with Crippen LogP contribution in [0.1, 0.15) is 0 Å². The van der Waals surface area contributed by atoms with E-state index in [1.807, 2.05) is 6.07 Å². The molecule has 0 fully saturated rings. The molecule has 1 heterocycles. The van der Waals surface area contributed by atoms with Crippen molar-refractivity contribution in [2.24, 2.45) is 0 Å². The number of halogens is 1. The fraction of sp³-hybridized carbons (Fsp3) is 0.167. The molecule has 10 heavy (non-hydrogen) atoms. The second-order valence-corrected chi connectivity index (χ2v) is 3.14. The Morgan fingerprint density at radius 3 is 2.90 bits per heavy atom. The summed E-state index contributed by atoms with van der Waals surface area (Å²) in [5.74, 6) is -0.813. The Labute approximate surface area is 71.8 Å². The van der Waals surface area contributed by atoms with Crippen molar-refractivity contribution in [2.45, 2.75) is 6.54 Å². The van der Waals surface area contributed by atoms with Gasteiger partial charge in [0.1, 0.15) is 6.54 Å². The molecule has 1 rings (SSSR count). The van der Waals surface area contributed by atoms with Crippen LogP contribution in [-0.4, -0.2) is 15.6 Å². The van der Waals surface area contributed by atoms with Crippen LogP contribution in [0.3, 0.4) is 0 Å². The Hall–Kier alpha value is -0.520. The molecule has 0 aromatic carbocycles. The van der Waals surface area contributed by atoms with E-state index in [-0.39, 0.29) is 6.54 Å². The molecule has 1 aromatic heterocycles. The van der Waals surface area contributed by atoms with Crippen molar-refractivity contribution in [1.82, 2.24) is 4.57 Å². The van der Waals surface area contributed by atoms with Crippen LogP contribution in [0.4, 0.5) is 0 Å². The molecule has 54 valence electrons. The number of hydrogen-bond acceptors (Lipinski definition) is 1. The number of carboxylic acids is 1. The first-order chi connectivity index (χ1) is 4.68. The fourth-order valence-corrected chi connectivity index (χ4v) is 1.18. The molecule has 1 aromatic rings. The predicted molar refractivity (Wildman–Crippen MR) is 44.8 cm³/mol. The number of hydrogen-bond donors (Lipinski definition) is 1. The standard InChI is InChI=1S/C6H6INO2/c7-5-1-2-8(3-5)4-6(9)10/h1-3H,4H2,(H,9,10). The van der Waals surface area contributed by atoms with Gasteiger partial charge < -0.3 is 9.67 Å². The molecule has 4 heteroatoms. The van der Waals surface area contributed by atoms with E-state index in [2.05, 4.69) is 22.6 Å². The van der Waals surface area contributed by atoms with Gasteiger partial charge in [0.2, 0.25) is 0 Å². The monoisotopic (exact) mass is 251 g/mol. The molecular weight excluding hydrogens is 245 g/mol. The zero-order chi connectivity index (χ0) is 7.56. The third-order valence-corrected chi connectivity index (χ3v) is 1.67. The Morgan fingerprint density at radius 1 is 1.80 bits per heavy atom. The van der Waals surface area contributed by atoms with Gasteiger partial charge in [-0.1, -0.05) is 0 Å². The molecule has 0 saturated carbocycles. The van der Waals surface area contributed by atoms with Crippen LogP contribution in [-0.2, 0) is 11.3 Å². The van der Waals surface area contributed by atoms with Gasteiger partial charge in [-0.3, -0.25) is 4.79 Å². The van der Waals surface area contributed by atoms with Gasteiger partial charge in [-0.2, -0.15) is 0 Å². The van der Waals surface area contributed by atoms with E-state index in [1.54, 1.807) is 17.0 Å². The van der Waals surface area contributed by atoms with Crippen molar-refractivity contribution < 1.29 is 9.90 Å². The van der Waals surface area contributed by atoms with Crippen LogP contribution in [0.15, 0.2) is 18.5 Å². The molecular formula is C6H6INO2. The highest BCUT2D eigenvalue weighted by atomic mass is 127. The van der Waals surface area contributed by atoms with Crippen LogP contribution < -0.4 is 0 Å². The molecule has 0 spiro atoms. The lowest BCUT2D eigenvalue weighted by molar-refractivity contribution is -0.137. The molecule has 0 amide bonds. The Balaban J connectivity index is 2.67. The number of carbonyl (C=O) groups is 1. The quantitative estimate of drug-likeness (QED) is 0.802. The van der Waals surface area contributed by atoms with Gasteiger partial charge in [0.15, 0.2) is 0 Å². The smallest absolute Gasteiger partial charge is 0.323 e. The van der Waals surface area contributed by atoms with Crippen LogP contribution in [0.25, 0.3) is 0 Å². The van der Waals surface area contributed by atoms with E-state index in [0.29, 0.717) is 0 Å². The molecule has 0 unspecified atom stereocenters. The maximum atomic E-state index is 10.2. The van der Waals surface area contributed by atoms with E-state index >= 15 is 0 Å². The average molecular weight is 251 g/mol. The van der Waals surface area contributed by atoms with Gasteiger partial charge >= 0.3 is 5.97 Å². The van der Waals surface area contributed by atoms with Crippen molar-refractivity contribution in [2.75, 3.05) is 0 Å². The summed E-state index contributed by atoms with van der Waals surface area (Å²) in [4.78, 5) is 10.2. The zero-order valence-corrected chi connectivity index (χ0v) is 7.28. The molecule has 0 bridgehead atoms. The summed E-state index contributed by atoms with van der Waals surface area (Å²) in [6.45, 7) is 0.0446. The van der Waals surface area contributed by atoms with Gasteiger partial charge in [-0.05, 0) is 28.7 Å². The van der Waals surface area contributed by atoms with Crippen LogP contribution in [0.5, 0.6) is 0 Å². The summed E-state index contributed by atoms with van der Waals surface area (Å²) in [6.07, 6.45) is 3.53. The van der Waals surface area contributed by atoms with E-state index in [9.17, 15) is 4.79 Å². The third kappa shape index (κ3) is 2.02. The van der Waals surface area contributed by atoms with E-state index in [0.717, 1.165) is 3.57 Å². The maximum absolute atomic E-state index is 10.2. The molecule has 0 aliphatic carbocycles. The lowest BCUT2D eigenvalue weighted by Crippen LogP contribution is -2.05. The Kier molecular flexibility index (Phi) is 2.31. The summed E-state index contributed by atoms with van der Waals surface area (Å²) >= 11 is 2.13. The van der Waals surface area contributed by atoms with Crippen molar-refractivity contribution in [3.05, 3.63) is 22.0 Å². The summed E-state index contributed by atoms with van der Waals surface area (Å²) < 4.78 is 2.68. The van der Waals surface area contributed by atoms with E-state index < -0.39 is 5.97 Å². The third-order valence-electron chi connectivity index (χ3n) is 1.03. The first-order valence-corrected chi connectivity index (χ1v) is 3.79.